The lowest BCUT2D eigenvalue weighted by Gasteiger charge is -2.31. The second-order valence-electron chi connectivity index (χ2n) is 5.51. The average molecular weight is 276 g/mol. The van der Waals surface area contributed by atoms with Crippen LogP contribution in [0.5, 0.6) is 0 Å². The molecule has 0 saturated carbocycles. The number of pyridine rings is 1. The van der Waals surface area contributed by atoms with Crippen LogP contribution >= 0.6 is 0 Å². The molecule has 0 spiro atoms. The Balaban J connectivity index is 1.99. The molecule has 20 heavy (non-hydrogen) atoms. The van der Waals surface area contributed by atoms with Crippen LogP contribution in [0.2, 0.25) is 0 Å². The van der Waals surface area contributed by atoms with E-state index in [9.17, 15) is 9.59 Å². The van der Waals surface area contributed by atoms with E-state index in [1.54, 1.807) is 11.1 Å². The fourth-order valence-corrected chi connectivity index (χ4v) is 2.68. The van der Waals surface area contributed by atoms with Crippen molar-refractivity contribution >= 4 is 11.9 Å². The molecule has 5 heteroatoms. The van der Waals surface area contributed by atoms with Crippen LogP contribution < -0.4 is 0 Å². The second kappa shape index (κ2) is 6.03. The van der Waals surface area contributed by atoms with Crippen LogP contribution in [0, 0.1) is 19.8 Å². The molecule has 108 valence electrons. The third kappa shape index (κ3) is 3.35. The smallest absolute Gasteiger partial charge is 0.303 e. The average Bonchev–Trinajstić information content (AvgIpc) is 2.38. The van der Waals surface area contributed by atoms with Crippen LogP contribution in [0.1, 0.15) is 40.9 Å². The number of aromatic nitrogens is 1. The van der Waals surface area contributed by atoms with Gasteiger partial charge in [0.15, 0.2) is 0 Å². The van der Waals surface area contributed by atoms with E-state index >= 15 is 0 Å². The lowest BCUT2D eigenvalue weighted by Crippen LogP contribution is -2.39. The number of carbonyl (C=O) groups excluding carboxylic acids is 1. The zero-order valence-electron chi connectivity index (χ0n) is 11.9. The molecule has 0 radical (unpaired) electrons. The van der Waals surface area contributed by atoms with E-state index in [4.69, 9.17) is 5.11 Å². The first-order chi connectivity index (χ1) is 9.47. The third-order valence-electron chi connectivity index (χ3n) is 3.78. The predicted octanol–water partition coefficient (Wildman–Crippen LogP) is 2.03. The first-order valence-corrected chi connectivity index (χ1v) is 6.91. The Labute approximate surface area is 118 Å². The molecule has 1 fully saturated rings. The van der Waals surface area contributed by atoms with Crippen LogP contribution in [0.4, 0.5) is 0 Å². The number of carbonyl (C=O) groups is 2. The summed E-state index contributed by atoms with van der Waals surface area (Å²) in [5, 5.41) is 8.79. The number of rotatable bonds is 3. The van der Waals surface area contributed by atoms with Crippen molar-refractivity contribution in [2.24, 2.45) is 5.92 Å². The summed E-state index contributed by atoms with van der Waals surface area (Å²) in [6.45, 7) is 5.08. The number of carboxylic acid groups (broad SMARTS) is 1. The molecule has 1 amide bonds. The van der Waals surface area contributed by atoms with Gasteiger partial charge in [-0.15, -0.1) is 0 Å². The predicted molar refractivity (Wildman–Crippen MR) is 74.6 cm³/mol. The Morgan fingerprint density at radius 2 is 2.00 bits per heavy atom. The summed E-state index contributed by atoms with van der Waals surface area (Å²) in [4.78, 5) is 29.1. The zero-order valence-corrected chi connectivity index (χ0v) is 11.9. The van der Waals surface area contributed by atoms with Gasteiger partial charge in [0.25, 0.3) is 5.91 Å². The summed E-state index contributed by atoms with van der Waals surface area (Å²) in [7, 11) is 0. The number of likely N-dealkylation sites (tertiary alicyclic amines) is 1. The van der Waals surface area contributed by atoms with E-state index in [0.717, 1.165) is 24.0 Å². The van der Waals surface area contributed by atoms with Gasteiger partial charge in [0.1, 0.15) is 5.69 Å². The van der Waals surface area contributed by atoms with Crippen molar-refractivity contribution in [1.29, 1.82) is 0 Å². The summed E-state index contributed by atoms with van der Waals surface area (Å²) in [5.41, 5.74) is 2.44. The lowest BCUT2D eigenvalue weighted by atomic mass is 9.93. The molecule has 1 aliphatic rings. The summed E-state index contributed by atoms with van der Waals surface area (Å²) < 4.78 is 0. The van der Waals surface area contributed by atoms with Crippen LogP contribution in [-0.2, 0) is 4.79 Å². The first-order valence-electron chi connectivity index (χ1n) is 6.91. The number of aliphatic carboxylic acids is 1. The normalized spacial score (nSPS) is 16.2. The first kappa shape index (κ1) is 14.5. The number of hydrogen-bond acceptors (Lipinski definition) is 3. The van der Waals surface area contributed by atoms with Crippen LogP contribution in [-0.4, -0.2) is 40.0 Å². The third-order valence-corrected chi connectivity index (χ3v) is 3.78. The topological polar surface area (TPSA) is 70.5 Å². The minimum absolute atomic E-state index is 0.0451. The van der Waals surface area contributed by atoms with Crippen LogP contribution in [0.25, 0.3) is 0 Å². The molecule has 2 rings (SSSR count). The van der Waals surface area contributed by atoms with Crippen molar-refractivity contribution < 1.29 is 14.7 Å². The molecule has 5 nitrogen and oxygen atoms in total. The van der Waals surface area contributed by atoms with Gasteiger partial charge in [-0.3, -0.25) is 14.6 Å². The molecule has 1 N–H and O–H groups in total. The van der Waals surface area contributed by atoms with Crippen LogP contribution in [0.15, 0.2) is 12.3 Å². The summed E-state index contributed by atoms with van der Waals surface area (Å²) in [6.07, 6.45) is 3.41. The molecular formula is C15H20N2O3. The van der Waals surface area contributed by atoms with E-state index in [-0.39, 0.29) is 18.2 Å². The van der Waals surface area contributed by atoms with Gasteiger partial charge in [-0.1, -0.05) is 6.07 Å². The molecule has 0 aromatic carbocycles. The molecule has 0 unspecified atom stereocenters. The number of aryl methyl sites for hydroxylation is 2. The molecule has 1 saturated heterocycles. The number of carboxylic acids is 1. The highest BCUT2D eigenvalue weighted by Crippen LogP contribution is 2.22. The van der Waals surface area contributed by atoms with Gasteiger partial charge < -0.3 is 10.0 Å². The van der Waals surface area contributed by atoms with Crippen molar-refractivity contribution in [1.82, 2.24) is 9.88 Å². The Morgan fingerprint density at radius 1 is 1.35 bits per heavy atom. The van der Waals surface area contributed by atoms with Crippen molar-refractivity contribution in [3.8, 4) is 0 Å². The maximum atomic E-state index is 12.4. The van der Waals surface area contributed by atoms with Crippen LogP contribution in [0.3, 0.4) is 0 Å². The summed E-state index contributed by atoms with van der Waals surface area (Å²) in [6, 6.07) is 1.96. The van der Waals surface area contributed by atoms with Gasteiger partial charge in [-0.25, -0.2) is 0 Å². The molecule has 1 aliphatic heterocycles. The highest BCUT2D eigenvalue weighted by Gasteiger charge is 2.26. The largest absolute Gasteiger partial charge is 0.481 e. The molecule has 0 atom stereocenters. The highest BCUT2D eigenvalue weighted by molar-refractivity contribution is 5.93. The second-order valence-corrected chi connectivity index (χ2v) is 5.51. The van der Waals surface area contributed by atoms with Crippen molar-refractivity contribution in [2.75, 3.05) is 13.1 Å². The summed E-state index contributed by atoms with van der Waals surface area (Å²) >= 11 is 0. The van der Waals surface area contributed by atoms with Gasteiger partial charge in [-0.2, -0.15) is 0 Å². The maximum absolute atomic E-state index is 12.4. The molecular weight excluding hydrogens is 256 g/mol. The Hall–Kier alpha value is -1.91. The van der Waals surface area contributed by atoms with E-state index in [1.807, 2.05) is 19.9 Å². The van der Waals surface area contributed by atoms with Gasteiger partial charge in [0.2, 0.25) is 0 Å². The number of hydrogen-bond donors (Lipinski definition) is 1. The minimum atomic E-state index is -0.758. The van der Waals surface area contributed by atoms with Crippen molar-refractivity contribution in [2.45, 2.75) is 33.1 Å². The lowest BCUT2D eigenvalue weighted by molar-refractivity contribution is -0.138. The Kier molecular flexibility index (Phi) is 4.37. The standard InChI is InChI=1S/C15H20N2O3/c1-10-7-11(2)14(16-9-10)15(20)17-5-3-12(4-6-17)8-13(18)19/h7,9,12H,3-6,8H2,1-2H3,(H,18,19). The minimum Gasteiger partial charge on any atom is -0.481 e. The summed E-state index contributed by atoms with van der Waals surface area (Å²) in [5.74, 6) is -0.620. The molecule has 0 bridgehead atoms. The number of piperidine rings is 1. The Bertz CT molecular complexity index is 520. The molecule has 0 aliphatic carbocycles. The number of amides is 1. The van der Waals surface area contributed by atoms with Gasteiger partial charge in [0.05, 0.1) is 0 Å². The molecule has 1 aromatic heterocycles. The van der Waals surface area contributed by atoms with Crippen molar-refractivity contribution in [3.05, 3.63) is 29.1 Å². The van der Waals surface area contributed by atoms with Gasteiger partial charge in [-0.05, 0) is 43.7 Å². The van der Waals surface area contributed by atoms with E-state index in [1.165, 1.54) is 0 Å². The van der Waals surface area contributed by atoms with E-state index in [2.05, 4.69) is 4.98 Å². The molecule has 1 aromatic rings. The maximum Gasteiger partial charge on any atom is 0.303 e. The number of nitrogens with zero attached hydrogens (tertiary/aromatic N) is 2. The zero-order chi connectivity index (χ0) is 14.7. The van der Waals surface area contributed by atoms with Gasteiger partial charge in [0, 0.05) is 25.7 Å². The van der Waals surface area contributed by atoms with E-state index < -0.39 is 5.97 Å². The van der Waals surface area contributed by atoms with Crippen molar-refractivity contribution in [3.63, 3.8) is 0 Å². The van der Waals surface area contributed by atoms with E-state index in [0.29, 0.717) is 18.8 Å². The molecule has 2 heterocycles. The Morgan fingerprint density at radius 3 is 2.55 bits per heavy atom. The fraction of sp³-hybridized carbons (Fsp3) is 0.533. The highest BCUT2D eigenvalue weighted by atomic mass is 16.4. The monoisotopic (exact) mass is 276 g/mol. The SMILES string of the molecule is Cc1cnc(C(=O)N2CCC(CC(=O)O)CC2)c(C)c1. The van der Waals surface area contributed by atoms with Gasteiger partial charge >= 0.3 is 5.97 Å². The fourth-order valence-electron chi connectivity index (χ4n) is 2.68. The quantitative estimate of drug-likeness (QED) is 0.917.